The van der Waals surface area contributed by atoms with Crippen LogP contribution in [0.2, 0.25) is 0 Å². The Bertz CT molecular complexity index is 480. The second-order valence-electron chi connectivity index (χ2n) is 2.58. The quantitative estimate of drug-likeness (QED) is 0.382. The number of fused-ring (bicyclic) bond motifs is 1. The Hall–Kier alpha value is -1.85. The number of imidazole rings is 1. The number of rotatable bonds is 1. The van der Waals surface area contributed by atoms with Crippen molar-refractivity contribution in [2.75, 3.05) is 0 Å². The minimum absolute atomic E-state index is 0.0242. The zero-order valence-corrected chi connectivity index (χ0v) is 6.52. The number of benzene rings is 1. The molecule has 2 rings (SSSR count). The third-order valence-electron chi connectivity index (χ3n) is 1.69. The van der Waals surface area contributed by atoms with Crippen LogP contribution in [0.15, 0.2) is 18.2 Å². The van der Waals surface area contributed by atoms with E-state index in [1.165, 1.54) is 12.1 Å². The average molecular weight is 173 g/mol. The molecule has 1 aromatic heterocycles. The molecule has 1 heterocycles. The number of nitro benzene ring substituents is 1. The lowest BCUT2D eigenvalue weighted by Crippen LogP contribution is -2.04. The van der Waals surface area contributed by atoms with E-state index in [1.54, 1.807) is 6.07 Å². The van der Waals surface area contributed by atoms with Gasteiger partial charge in [0.1, 0.15) is 0 Å². The molecule has 6 heteroatoms. The molecule has 0 spiro atoms. The van der Waals surface area contributed by atoms with Crippen molar-refractivity contribution in [3.8, 4) is 0 Å². The number of nitrogens with zero attached hydrogens (tertiary/aromatic N) is 2. The minimum Gasteiger partial charge on any atom is -0.351 e. The van der Waals surface area contributed by atoms with Crippen molar-refractivity contribution >= 4 is 30.3 Å². The molecule has 0 aliphatic carbocycles. The monoisotopic (exact) mass is 173 g/mol. The van der Waals surface area contributed by atoms with Gasteiger partial charge in [0.25, 0.3) is 5.69 Å². The molecule has 2 radical (unpaired) electrons. The van der Waals surface area contributed by atoms with Gasteiger partial charge in [0.2, 0.25) is 0 Å². The van der Waals surface area contributed by atoms with E-state index in [1.807, 2.05) is 0 Å². The molecular formula is C7H4BN3O2. The zero-order valence-electron chi connectivity index (χ0n) is 6.52. The van der Waals surface area contributed by atoms with E-state index in [2.05, 4.69) is 9.97 Å². The Morgan fingerprint density at radius 1 is 1.54 bits per heavy atom. The summed E-state index contributed by atoms with van der Waals surface area (Å²) in [7, 11) is 5.38. The van der Waals surface area contributed by atoms with Gasteiger partial charge in [0, 0.05) is 17.9 Å². The first-order chi connectivity index (χ1) is 6.16. The number of nitro groups is 1. The number of aromatic nitrogens is 2. The summed E-state index contributed by atoms with van der Waals surface area (Å²) in [4.78, 5) is 16.6. The second-order valence-corrected chi connectivity index (χ2v) is 2.58. The van der Waals surface area contributed by atoms with Crippen molar-refractivity contribution in [2.24, 2.45) is 0 Å². The minimum atomic E-state index is -0.462. The van der Waals surface area contributed by atoms with E-state index in [0.717, 1.165) is 0 Å². The fraction of sp³-hybridized carbons (Fsp3) is 0. The SMILES string of the molecule is [B]c1nc2ccc([N+](=O)[O-])cc2[nH]1. The predicted molar refractivity (Wildman–Crippen MR) is 48.1 cm³/mol. The van der Waals surface area contributed by atoms with Gasteiger partial charge >= 0.3 is 0 Å². The van der Waals surface area contributed by atoms with E-state index >= 15 is 0 Å². The molecule has 1 N–H and O–H groups in total. The van der Waals surface area contributed by atoms with Gasteiger partial charge in [-0.15, -0.1) is 0 Å². The fourth-order valence-electron chi connectivity index (χ4n) is 1.13. The maximum absolute atomic E-state index is 10.4. The second kappa shape index (κ2) is 2.58. The van der Waals surface area contributed by atoms with Crippen LogP contribution in [0.25, 0.3) is 11.0 Å². The van der Waals surface area contributed by atoms with Crippen LogP contribution in [0.4, 0.5) is 5.69 Å². The largest absolute Gasteiger partial charge is 0.351 e. The predicted octanol–water partition coefficient (Wildman–Crippen LogP) is 0.265. The smallest absolute Gasteiger partial charge is 0.271 e. The summed E-state index contributed by atoms with van der Waals surface area (Å²) in [5.41, 5.74) is 1.49. The number of hydrogen-bond acceptors (Lipinski definition) is 3. The summed E-state index contributed by atoms with van der Waals surface area (Å²) in [5.74, 6) is 0. The molecule has 5 nitrogen and oxygen atoms in total. The molecule has 1 aromatic carbocycles. The Morgan fingerprint density at radius 3 is 3.00 bits per heavy atom. The van der Waals surface area contributed by atoms with Crippen molar-refractivity contribution in [1.29, 1.82) is 0 Å². The molecule has 2 aromatic rings. The zero-order chi connectivity index (χ0) is 9.42. The van der Waals surface area contributed by atoms with E-state index in [9.17, 15) is 10.1 Å². The van der Waals surface area contributed by atoms with Crippen molar-refractivity contribution in [2.45, 2.75) is 0 Å². The summed E-state index contributed by atoms with van der Waals surface area (Å²) in [6, 6.07) is 4.35. The number of non-ortho nitro benzene ring substituents is 1. The van der Waals surface area contributed by atoms with Crippen molar-refractivity contribution in [3.63, 3.8) is 0 Å². The van der Waals surface area contributed by atoms with Gasteiger partial charge in [-0.2, -0.15) is 0 Å². The Kier molecular flexibility index (Phi) is 1.55. The standard InChI is InChI=1S/C7H4BN3O2/c8-7-9-5-2-1-4(11(12)13)3-6(5)10-7/h1-3H,(H,9,10). The highest BCUT2D eigenvalue weighted by molar-refractivity contribution is 6.30. The molecule has 0 unspecified atom stereocenters. The maximum Gasteiger partial charge on any atom is 0.271 e. The van der Waals surface area contributed by atoms with Gasteiger partial charge in [0.15, 0.2) is 7.85 Å². The molecule has 0 aliphatic rings. The van der Waals surface area contributed by atoms with Crippen molar-refractivity contribution in [1.82, 2.24) is 9.97 Å². The topological polar surface area (TPSA) is 71.8 Å². The molecule has 0 atom stereocenters. The van der Waals surface area contributed by atoms with Crippen LogP contribution >= 0.6 is 0 Å². The highest BCUT2D eigenvalue weighted by atomic mass is 16.6. The highest BCUT2D eigenvalue weighted by Crippen LogP contribution is 2.16. The fourth-order valence-corrected chi connectivity index (χ4v) is 1.13. The third-order valence-corrected chi connectivity index (χ3v) is 1.69. The molecule has 0 bridgehead atoms. The maximum atomic E-state index is 10.4. The van der Waals surface area contributed by atoms with E-state index in [-0.39, 0.29) is 11.4 Å². The summed E-state index contributed by atoms with van der Waals surface area (Å²) >= 11 is 0. The van der Waals surface area contributed by atoms with Crippen LogP contribution in [-0.2, 0) is 0 Å². The molecule has 0 saturated heterocycles. The summed E-state index contributed by atoms with van der Waals surface area (Å²) in [5, 5.41) is 10.4. The molecular weight excluding hydrogens is 169 g/mol. The Morgan fingerprint density at radius 2 is 2.31 bits per heavy atom. The van der Waals surface area contributed by atoms with Crippen LogP contribution in [0.1, 0.15) is 0 Å². The van der Waals surface area contributed by atoms with Gasteiger partial charge in [-0.3, -0.25) is 10.1 Å². The summed E-state index contributed by atoms with van der Waals surface area (Å²) in [6.07, 6.45) is 0. The first-order valence-corrected chi connectivity index (χ1v) is 3.56. The van der Waals surface area contributed by atoms with Gasteiger partial charge in [-0.25, -0.2) is 4.98 Å². The summed E-state index contributed by atoms with van der Waals surface area (Å²) in [6.45, 7) is 0. The van der Waals surface area contributed by atoms with Crippen LogP contribution < -0.4 is 5.72 Å². The summed E-state index contributed by atoms with van der Waals surface area (Å²) < 4.78 is 0. The number of hydrogen-bond donors (Lipinski definition) is 1. The van der Waals surface area contributed by atoms with E-state index in [0.29, 0.717) is 11.0 Å². The number of nitrogens with one attached hydrogen (secondary N) is 1. The first kappa shape index (κ1) is 7.79. The molecule has 62 valence electrons. The highest BCUT2D eigenvalue weighted by Gasteiger charge is 2.07. The molecule has 0 fully saturated rings. The lowest BCUT2D eigenvalue weighted by Gasteiger charge is -1.89. The normalized spacial score (nSPS) is 10.5. The molecule has 0 aliphatic heterocycles. The number of aromatic amines is 1. The van der Waals surface area contributed by atoms with Gasteiger partial charge in [-0.05, 0) is 6.07 Å². The molecule has 0 saturated carbocycles. The van der Waals surface area contributed by atoms with Gasteiger partial charge < -0.3 is 4.98 Å². The van der Waals surface area contributed by atoms with Crippen LogP contribution in [0.3, 0.4) is 0 Å². The Balaban J connectivity index is 2.67. The lowest BCUT2D eigenvalue weighted by atomic mass is 10.1. The van der Waals surface area contributed by atoms with Crippen LogP contribution in [0.5, 0.6) is 0 Å². The average Bonchev–Trinajstić information content (AvgIpc) is 2.42. The molecule has 0 amide bonds. The van der Waals surface area contributed by atoms with Crippen molar-refractivity contribution < 1.29 is 4.92 Å². The third kappa shape index (κ3) is 1.26. The van der Waals surface area contributed by atoms with E-state index in [4.69, 9.17) is 7.85 Å². The first-order valence-electron chi connectivity index (χ1n) is 3.56. The number of H-pyrrole nitrogens is 1. The molecule has 13 heavy (non-hydrogen) atoms. The van der Waals surface area contributed by atoms with Gasteiger partial charge in [0.05, 0.1) is 16.0 Å². The van der Waals surface area contributed by atoms with Crippen LogP contribution in [-0.4, -0.2) is 22.7 Å². The lowest BCUT2D eigenvalue weighted by molar-refractivity contribution is -0.384. The van der Waals surface area contributed by atoms with Crippen LogP contribution in [0, 0.1) is 10.1 Å². The Labute approximate surface area is 74.3 Å². The van der Waals surface area contributed by atoms with E-state index < -0.39 is 4.92 Å². The van der Waals surface area contributed by atoms with Gasteiger partial charge in [-0.1, -0.05) is 0 Å². The van der Waals surface area contributed by atoms with Crippen molar-refractivity contribution in [3.05, 3.63) is 28.3 Å².